The van der Waals surface area contributed by atoms with Gasteiger partial charge in [0.05, 0.1) is 35.7 Å². The molecule has 0 spiro atoms. The molecule has 2 heterocycles. The van der Waals surface area contributed by atoms with Crippen LogP contribution in [-0.4, -0.2) is 36.0 Å². The highest BCUT2D eigenvalue weighted by Gasteiger charge is 2.30. The van der Waals surface area contributed by atoms with Crippen molar-refractivity contribution in [2.24, 2.45) is 0 Å². The largest absolute Gasteiger partial charge is 0.462 e. The lowest BCUT2D eigenvalue weighted by Crippen LogP contribution is -2.48. The Bertz CT molecular complexity index is 1690. The molecule has 0 radical (unpaired) electrons. The summed E-state index contributed by atoms with van der Waals surface area (Å²) in [5, 5.41) is 5.63. The fraction of sp³-hybridized carbons (Fsp3) is 0.212. The van der Waals surface area contributed by atoms with Gasteiger partial charge in [-0.3, -0.25) is 9.69 Å². The van der Waals surface area contributed by atoms with Crippen LogP contribution < -0.4 is 20.3 Å². The first kappa shape index (κ1) is 31.0. The average Bonchev–Trinajstić information content (AvgIpc) is 3.02. The maximum Gasteiger partial charge on any atom is 0.416 e. The van der Waals surface area contributed by atoms with E-state index in [1.54, 1.807) is 54.3 Å². The maximum atomic E-state index is 12.9. The fourth-order valence-electron chi connectivity index (χ4n) is 4.79. The van der Waals surface area contributed by atoms with Crippen LogP contribution in [0.3, 0.4) is 0 Å². The Morgan fingerprint density at radius 2 is 1.71 bits per heavy atom. The third-order valence-electron chi connectivity index (χ3n) is 7.16. The molecule has 0 bridgehead atoms. The lowest BCUT2D eigenvalue weighted by atomic mass is 9.99. The summed E-state index contributed by atoms with van der Waals surface area (Å²) in [4.78, 5) is 43.1. The first-order valence-corrected chi connectivity index (χ1v) is 14.1. The predicted octanol–water partition coefficient (Wildman–Crippen LogP) is 7.29. The summed E-state index contributed by atoms with van der Waals surface area (Å²) >= 11 is 0. The molecule has 5 rings (SSSR count). The van der Waals surface area contributed by atoms with Gasteiger partial charge in [0.1, 0.15) is 5.75 Å². The number of hydrogen-bond donors (Lipinski definition) is 2. The summed E-state index contributed by atoms with van der Waals surface area (Å²) in [6, 6.07) is 18.9. The molecule has 0 aliphatic carbocycles. The second kappa shape index (κ2) is 13.1. The molecular weight excluding hydrogens is 589 g/mol. The van der Waals surface area contributed by atoms with E-state index in [0.717, 1.165) is 35.4 Å². The minimum Gasteiger partial charge on any atom is -0.462 e. The number of aromatic nitrogens is 1. The molecule has 0 saturated carbocycles. The van der Waals surface area contributed by atoms with Crippen molar-refractivity contribution in [3.8, 4) is 11.6 Å². The summed E-state index contributed by atoms with van der Waals surface area (Å²) in [6.45, 7) is 4.38. The molecule has 1 aliphatic rings. The molecular formula is C33H29F3N4O5. The van der Waals surface area contributed by atoms with Crippen LogP contribution in [0.15, 0.2) is 85.1 Å². The van der Waals surface area contributed by atoms with Crippen LogP contribution in [0.2, 0.25) is 0 Å². The third kappa shape index (κ3) is 7.40. The van der Waals surface area contributed by atoms with Crippen molar-refractivity contribution in [3.63, 3.8) is 0 Å². The SMILES string of the molecule is CCOC(=O)c1ccc(N2CCC(c3ccc(Oc4ccc(NC(=O)c5ccc(C(F)(F)F)cc5)cn4)c(C)c3)NC2=O)cc1. The average molecular weight is 619 g/mol. The molecule has 4 aromatic rings. The minimum atomic E-state index is -4.48. The van der Waals surface area contributed by atoms with E-state index < -0.39 is 23.6 Å². The van der Waals surface area contributed by atoms with Crippen LogP contribution in [0.25, 0.3) is 0 Å². The van der Waals surface area contributed by atoms with Crippen molar-refractivity contribution in [1.82, 2.24) is 10.3 Å². The lowest BCUT2D eigenvalue weighted by molar-refractivity contribution is -0.137. The number of urea groups is 1. The van der Waals surface area contributed by atoms with Crippen molar-refractivity contribution in [1.29, 1.82) is 0 Å². The Hall–Kier alpha value is -5.39. The molecule has 45 heavy (non-hydrogen) atoms. The Balaban J connectivity index is 1.16. The number of benzene rings is 3. The number of halogens is 3. The number of anilines is 2. The summed E-state index contributed by atoms with van der Waals surface area (Å²) < 4.78 is 49.2. The quantitative estimate of drug-likeness (QED) is 0.201. The second-order valence-electron chi connectivity index (χ2n) is 10.3. The Labute approximate surface area is 257 Å². The van der Waals surface area contributed by atoms with Gasteiger partial charge in [-0.25, -0.2) is 14.6 Å². The highest BCUT2D eigenvalue weighted by molar-refractivity contribution is 6.04. The number of alkyl halides is 3. The van der Waals surface area contributed by atoms with Gasteiger partial charge in [-0.05, 0) is 92.1 Å². The molecule has 3 amide bonds. The zero-order valence-corrected chi connectivity index (χ0v) is 24.4. The van der Waals surface area contributed by atoms with E-state index in [4.69, 9.17) is 9.47 Å². The first-order valence-electron chi connectivity index (χ1n) is 14.1. The van der Waals surface area contributed by atoms with Crippen LogP contribution in [0.5, 0.6) is 11.6 Å². The molecule has 9 nitrogen and oxygen atoms in total. The van der Waals surface area contributed by atoms with Gasteiger partial charge in [0.25, 0.3) is 5.91 Å². The summed E-state index contributed by atoms with van der Waals surface area (Å²) in [6.07, 6.45) is -2.44. The standard InChI is InChI=1S/C33H29F3N4O5/c1-3-44-31(42)22-6-12-26(13-7-22)40-17-16-27(39-32(40)43)23-8-14-28(20(2)18-23)45-29-15-11-25(19-37-29)38-30(41)21-4-9-24(10-5-21)33(34,35)36/h4-15,18-19,27H,3,16-17H2,1-2H3,(H,38,41)(H,39,43). The van der Waals surface area contributed by atoms with Crippen LogP contribution in [0.1, 0.15) is 56.8 Å². The van der Waals surface area contributed by atoms with Crippen molar-refractivity contribution in [2.45, 2.75) is 32.5 Å². The van der Waals surface area contributed by atoms with Crippen molar-refractivity contribution >= 4 is 29.3 Å². The predicted molar refractivity (Wildman–Crippen MR) is 161 cm³/mol. The number of amides is 3. The number of esters is 1. The molecule has 1 fully saturated rings. The summed E-state index contributed by atoms with van der Waals surface area (Å²) in [5.74, 6) is -0.159. The van der Waals surface area contributed by atoms with E-state index in [9.17, 15) is 27.6 Å². The van der Waals surface area contributed by atoms with Crippen LogP contribution >= 0.6 is 0 Å². The topological polar surface area (TPSA) is 110 Å². The Kier molecular flexibility index (Phi) is 9.03. The van der Waals surface area contributed by atoms with Crippen molar-refractivity contribution in [3.05, 3.63) is 113 Å². The number of carbonyl (C=O) groups excluding carboxylic acids is 3. The summed E-state index contributed by atoms with van der Waals surface area (Å²) in [7, 11) is 0. The fourth-order valence-corrected chi connectivity index (χ4v) is 4.79. The van der Waals surface area contributed by atoms with E-state index in [1.807, 2.05) is 19.1 Å². The van der Waals surface area contributed by atoms with Gasteiger partial charge in [0, 0.05) is 23.9 Å². The normalized spacial score (nSPS) is 14.8. The maximum absolute atomic E-state index is 12.9. The molecule has 2 N–H and O–H groups in total. The molecule has 1 aliphatic heterocycles. The number of aryl methyl sites for hydroxylation is 1. The van der Waals surface area contributed by atoms with E-state index in [1.165, 1.54) is 6.20 Å². The van der Waals surface area contributed by atoms with Crippen molar-refractivity contribution < 1.29 is 37.0 Å². The highest BCUT2D eigenvalue weighted by Crippen LogP contribution is 2.31. The van der Waals surface area contributed by atoms with E-state index in [2.05, 4.69) is 15.6 Å². The van der Waals surface area contributed by atoms with Gasteiger partial charge >= 0.3 is 18.2 Å². The highest BCUT2D eigenvalue weighted by atomic mass is 19.4. The number of rotatable bonds is 8. The van der Waals surface area contributed by atoms with Gasteiger partial charge < -0.3 is 20.1 Å². The number of nitrogens with one attached hydrogen (secondary N) is 2. The van der Waals surface area contributed by atoms with Crippen LogP contribution in [-0.2, 0) is 10.9 Å². The Morgan fingerprint density at radius 1 is 1.00 bits per heavy atom. The third-order valence-corrected chi connectivity index (χ3v) is 7.16. The number of hydrogen-bond acceptors (Lipinski definition) is 6. The van der Waals surface area contributed by atoms with E-state index >= 15 is 0 Å². The number of carbonyl (C=O) groups is 3. The molecule has 1 aromatic heterocycles. The zero-order valence-electron chi connectivity index (χ0n) is 24.4. The smallest absolute Gasteiger partial charge is 0.416 e. The molecule has 3 aromatic carbocycles. The number of ether oxygens (including phenoxy) is 2. The minimum absolute atomic E-state index is 0.0746. The molecule has 1 unspecified atom stereocenters. The van der Waals surface area contributed by atoms with Gasteiger partial charge in [0.15, 0.2) is 0 Å². The molecule has 1 atom stereocenters. The van der Waals surface area contributed by atoms with E-state index in [0.29, 0.717) is 35.7 Å². The zero-order chi connectivity index (χ0) is 32.1. The van der Waals surface area contributed by atoms with Crippen LogP contribution in [0, 0.1) is 6.92 Å². The van der Waals surface area contributed by atoms with Gasteiger partial charge in [0.2, 0.25) is 5.88 Å². The van der Waals surface area contributed by atoms with Crippen LogP contribution in [0.4, 0.5) is 29.3 Å². The van der Waals surface area contributed by atoms with Gasteiger partial charge in [-0.1, -0.05) is 12.1 Å². The number of nitrogens with zero attached hydrogens (tertiary/aromatic N) is 2. The first-order chi connectivity index (χ1) is 21.5. The lowest BCUT2D eigenvalue weighted by Gasteiger charge is -2.33. The van der Waals surface area contributed by atoms with Gasteiger partial charge in [-0.2, -0.15) is 13.2 Å². The molecule has 12 heteroatoms. The van der Waals surface area contributed by atoms with E-state index in [-0.39, 0.29) is 30.1 Å². The Morgan fingerprint density at radius 3 is 2.31 bits per heavy atom. The van der Waals surface area contributed by atoms with Crippen molar-refractivity contribution in [2.75, 3.05) is 23.4 Å². The van der Waals surface area contributed by atoms with Gasteiger partial charge in [-0.15, -0.1) is 0 Å². The second-order valence-corrected chi connectivity index (χ2v) is 10.3. The summed E-state index contributed by atoms with van der Waals surface area (Å²) in [5.41, 5.74) is 2.42. The molecule has 232 valence electrons. The molecule has 1 saturated heterocycles. The number of pyridine rings is 1. The monoisotopic (exact) mass is 618 g/mol.